The van der Waals surface area contributed by atoms with Crippen LogP contribution in [0.4, 0.5) is 0 Å². The van der Waals surface area contributed by atoms with Gasteiger partial charge in [-0.2, -0.15) is 5.10 Å². The molecule has 0 unspecified atom stereocenters. The monoisotopic (exact) mass is 416 g/mol. The van der Waals surface area contributed by atoms with Gasteiger partial charge in [0, 0.05) is 37.0 Å². The van der Waals surface area contributed by atoms with Crippen molar-refractivity contribution in [2.24, 2.45) is 7.05 Å². The van der Waals surface area contributed by atoms with Crippen LogP contribution in [0.5, 0.6) is 0 Å². The Morgan fingerprint density at radius 1 is 1.00 bits per heavy atom. The summed E-state index contributed by atoms with van der Waals surface area (Å²) in [6, 6.07) is 14.1. The van der Waals surface area contributed by atoms with Crippen molar-refractivity contribution < 1.29 is 14.4 Å². The smallest absolute Gasteiger partial charge is 0.261 e. The van der Waals surface area contributed by atoms with E-state index in [2.05, 4.69) is 5.10 Å². The van der Waals surface area contributed by atoms with Crippen LogP contribution in [-0.4, -0.2) is 43.3 Å². The van der Waals surface area contributed by atoms with Crippen LogP contribution in [0.3, 0.4) is 0 Å². The summed E-state index contributed by atoms with van der Waals surface area (Å²) in [5, 5.41) is 4.16. The Balaban J connectivity index is 1.59. The molecule has 0 bridgehead atoms. The van der Waals surface area contributed by atoms with Crippen molar-refractivity contribution in [3.05, 3.63) is 88.7 Å². The number of rotatable bonds is 6. The second-order valence-corrected chi connectivity index (χ2v) is 7.99. The number of imide groups is 1. The Morgan fingerprint density at radius 2 is 1.71 bits per heavy atom. The molecule has 3 amide bonds. The van der Waals surface area contributed by atoms with Gasteiger partial charge in [0.15, 0.2) is 0 Å². The van der Waals surface area contributed by atoms with Crippen LogP contribution in [0.25, 0.3) is 0 Å². The fourth-order valence-electron chi connectivity index (χ4n) is 3.74. The van der Waals surface area contributed by atoms with Gasteiger partial charge < -0.3 is 4.90 Å². The SMILES string of the molecule is CC(C)N(Cc1cnn(C)c1)C(=O)c1ccc2c(c1)C(=O)N(Cc1ccccc1)C2=O. The number of carbonyl (C=O) groups is 3. The fraction of sp³-hybridized carbons (Fsp3) is 0.250. The molecule has 0 saturated carbocycles. The number of amides is 3. The Kier molecular flexibility index (Phi) is 5.42. The minimum Gasteiger partial charge on any atom is -0.332 e. The van der Waals surface area contributed by atoms with Gasteiger partial charge in [-0.05, 0) is 37.6 Å². The van der Waals surface area contributed by atoms with Gasteiger partial charge in [0.25, 0.3) is 17.7 Å². The molecule has 1 aromatic heterocycles. The molecule has 0 saturated heterocycles. The molecule has 7 nitrogen and oxygen atoms in total. The van der Waals surface area contributed by atoms with Crippen LogP contribution in [0, 0.1) is 0 Å². The van der Waals surface area contributed by atoms with Gasteiger partial charge in [0.1, 0.15) is 0 Å². The molecule has 0 aliphatic carbocycles. The van der Waals surface area contributed by atoms with Crippen molar-refractivity contribution in [1.29, 1.82) is 0 Å². The van der Waals surface area contributed by atoms with Crippen molar-refractivity contribution >= 4 is 17.7 Å². The van der Waals surface area contributed by atoms with E-state index in [4.69, 9.17) is 0 Å². The summed E-state index contributed by atoms with van der Waals surface area (Å²) < 4.78 is 1.69. The van der Waals surface area contributed by atoms with E-state index >= 15 is 0 Å². The van der Waals surface area contributed by atoms with Crippen LogP contribution in [0.1, 0.15) is 56.0 Å². The van der Waals surface area contributed by atoms with E-state index in [-0.39, 0.29) is 35.9 Å². The van der Waals surface area contributed by atoms with E-state index in [1.807, 2.05) is 57.4 Å². The van der Waals surface area contributed by atoms with Gasteiger partial charge in [-0.1, -0.05) is 30.3 Å². The first kappa shape index (κ1) is 20.5. The lowest BCUT2D eigenvalue weighted by Gasteiger charge is -2.26. The van der Waals surface area contributed by atoms with E-state index in [1.54, 1.807) is 34.0 Å². The van der Waals surface area contributed by atoms with Gasteiger partial charge >= 0.3 is 0 Å². The van der Waals surface area contributed by atoms with Gasteiger partial charge in [0.2, 0.25) is 0 Å². The second kappa shape index (κ2) is 8.18. The number of nitrogens with zero attached hydrogens (tertiary/aromatic N) is 4. The van der Waals surface area contributed by atoms with E-state index in [9.17, 15) is 14.4 Å². The summed E-state index contributed by atoms with van der Waals surface area (Å²) in [6.45, 7) is 4.50. The third kappa shape index (κ3) is 3.99. The maximum absolute atomic E-state index is 13.2. The topological polar surface area (TPSA) is 75.5 Å². The van der Waals surface area contributed by atoms with Gasteiger partial charge in [-0.25, -0.2) is 0 Å². The fourth-order valence-corrected chi connectivity index (χ4v) is 3.74. The van der Waals surface area contributed by atoms with Crippen molar-refractivity contribution in [1.82, 2.24) is 19.6 Å². The maximum atomic E-state index is 13.2. The van der Waals surface area contributed by atoms with Crippen LogP contribution in [0.2, 0.25) is 0 Å². The standard InChI is InChI=1S/C24H24N4O3/c1-16(2)27(15-18-12-25-26(3)13-18)22(29)19-9-10-20-21(11-19)24(31)28(23(20)30)14-17-7-5-4-6-8-17/h4-13,16H,14-15H2,1-3H3. The number of hydrogen-bond acceptors (Lipinski definition) is 4. The first-order valence-corrected chi connectivity index (χ1v) is 10.2. The third-order valence-corrected chi connectivity index (χ3v) is 5.40. The molecule has 0 atom stereocenters. The van der Waals surface area contributed by atoms with E-state index in [1.165, 1.54) is 4.90 Å². The molecule has 0 N–H and O–H groups in total. The van der Waals surface area contributed by atoms with E-state index in [0.717, 1.165) is 11.1 Å². The second-order valence-electron chi connectivity index (χ2n) is 7.99. The molecule has 1 aliphatic heterocycles. The highest BCUT2D eigenvalue weighted by atomic mass is 16.2. The highest BCUT2D eigenvalue weighted by Gasteiger charge is 2.36. The Morgan fingerprint density at radius 3 is 2.35 bits per heavy atom. The lowest BCUT2D eigenvalue weighted by atomic mass is 10.0. The molecule has 2 aromatic carbocycles. The molecule has 3 aromatic rings. The number of carbonyl (C=O) groups excluding carboxylic acids is 3. The summed E-state index contributed by atoms with van der Waals surface area (Å²) in [4.78, 5) is 41.9. The van der Waals surface area contributed by atoms with Crippen LogP contribution in [0.15, 0.2) is 60.9 Å². The van der Waals surface area contributed by atoms with Gasteiger partial charge in [-0.15, -0.1) is 0 Å². The highest BCUT2D eigenvalue weighted by Crippen LogP contribution is 2.26. The summed E-state index contributed by atoms with van der Waals surface area (Å²) in [5.74, 6) is -0.899. The molecule has 0 radical (unpaired) electrons. The number of aromatic nitrogens is 2. The third-order valence-electron chi connectivity index (χ3n) is 5.40. The summed E-state index contributed by atoms with van der Waals surface area (Å²) >= 11 is 0. The summed E-state index contributed by atoms with van der Waals surface area (Å²) in [5.41, 5.74) is 2.79. The zero-order chi connectivity index (χ0) is 22.1. The van der Waals surface area contributed by atoms with Crippen molar-refractivity contribution in [3.63, 3.8) is 0 Å². The highest BCUT2D eigenvalue weighted by molar-refractivity contribution is 6.22. The predicted octanol–water partition coefficient (Wildman–Crippen LogP) is 3.27. The number of aryl methyl sites for hydroxylation is 1. The van der Waals surface area contributed by atoms with Crippen molar-refractivity contribution in [2.45, 2.75) is 33.0 Å². The molecular weight excluding hydrogens is 392 g/mol. The zero-order valence-corrected chi connectivity index (χ0v) is 17.8. The number of fused-ring (bicyclic) bond motifs is 1. The maximum Gasteiger partial charge on any atom is 0.261 e. The molecule has 31 heavy (non-hydrogen) atoms. The minimum absolute atomic E-state index is 0.0483. The number of benzene rings is 2. The van der Waals surface area contributed by atoms with Crippen LogP contribution in [-0.2, 0) is 20.1 Å². The minimum atomic E-state index is -0.373. The molecule has 4 rings (SSSR count). The van der Waals surface area contributed by atoms with E-state index < -0.39 is 0 Å². The Labute approximate surface area is 180 Å². The number of hydrogen-bond donors (Lipinski definition) is 0. The largest absolute Gasteiger partial charge is 0.332 e. The van der Waals surface area contributed by atoms with Crippen molar-refractivity contribution in [2.75, 3.05) is 0 Å². The normalized spacial score (nSPS) is 13.1. The van der Waals surface area contributed by atoms with Crippen molar-refractivity contribution in [3.8, 4) is 0 Å². The van der Waals surface area contributed by atoms with Crippen LogP contribution >= 0.6 is 0 Å². The lowest BCUT2D eigenvalue weighted by Crippen LogP contribution is -2.36. The summed E-state index contributed by atoms with van der Waals surface area (Å²) in [6.07, 6.45) is 3.60. The molecule has 7 heteroatoms. The zero-order valence-electron chi connectivity index (χ0n) is 17.8. The first-order valence-electron chi connectivity index (χ1n) is 10.2. The molecule has 158 valence electrons. The lowest BCUT2D eigenvalue weighted by molar-refractivity contribution is 0.0641. The quantitative estimate of drug-likeness (QED) is 0.578. The first-order chi connectivity index (χ1) is 14.8. The van der Waals surface area contributed by atoms with Gasteiger partial charge in [-0.3, -0.25) is 24.0 Å². The van der Waals surface area contributed by atoms with Gasteiger partial charge in [0.05, 0.1) is 23.9 Å². The summed E-state index contributed by atoms with van der Waals surface area (Å²) in [7, 11) is 1.83. The predicted molar refractivity (Wildman–Crippen MR) is 115 cm³/mol. The molecule has 2 heterocycles. The molecule has 0 fully saturated rings. The van der Waals surface area contributed by atoms with E-state index in [0.29, 0.717) is 17.7 Å². The molecule has 0 spiro atoms. The van der Waals surface area contributed by atoms with Crippen LogP contribution < -0.4 is 0 Å². The average molecular weight is 416 g/mol. The molecule has 1 aliphatic rings. The average Bonchev–Trinajstić information content (AvgIpc) is 3.28. The molecular formula is C24H24N4O3. The Hall–Kier alpha value is -3.74. The Bertz CT molecular complexity index is 1150.